The summed E-state index contributed by atoms with van der Waals surface area (Å²) >= 11 is 0. The molecule has 1 aliphatic carbocycles. The molecule has 194 valence electrons. The highest BCUT2D eigenvalue weighted by atomic mass is 32.2. The van der Waals surface area contributed by atoms with Gasteiger partial charge in [0.05, 0.1) is 21.9 Å². The van der Waals surface area contributed by atoms with Gasteiger partial charge < -0.3 is 4.57 Å². The molecule has 1 aliphatic rings. The second kappa shape index (κ2) is 8.54. The maximum Gasteiger partial charge on any atom is 0.458 e. The molecule has 0 N–H and O–H groups in total. The fourth-order valence-electron chi connectivity index (χ4n) is 4.12. The molecule has 0 radical (unpaired) electrons. The molecule has 0 amide bonds. The summed E-state index contributed by atoms with van der Waals surface area (Å²) in [4.78, 5) is 16.6. The third-order valence-electron chi connectivity index (χ3n) is 6.32. The molecule has 1 fully saturated rings. The molecule has 0 saturated heterocycles. The van der Waals surface area contributed by atoms with E-state index in [4.69, 9.17) is 0 Å². The van der Waals surface area contributed by atoms with Crippen molar-refractivity contribution in [2.75, 3.05) is 5.75 Å². The van der Waals surface area contributed by atoms with Crippen LogP contribution < -0.4 is 0 Å². The zero-order valence-electron chi connectivity index (χ0n) is 19.6. The van der Waals surface area contributed by atoms with Crippen molar-refractivity contribution in [3.05, 3.63) is 54.1 Å². The normalized spacial score (nSPS) is 14.9. The molecule has 5 rings (SSSR count). The van der Waals surface area contributed by atoms with E-state index in [1.807, 2.05) is 6.07 Å². The molecule has 1 saturated carbocycles. The van der Waals surface area contributed by atoms with E-state index in [-0.39, 0.29) is 39.2 Å². The molecule has 4 heterocycles. The third kappa shape index (κ3) is 4.24. The van der Waals surface area contributed by atoms with Crippen LogP contribution in [0.1, 0.15) is 36.9 Å². The zero-order valence-corrected chi connectivity index (χ0v) is 20.4. The molecule has 0 atom stereocenters. The molecule has 7 nitrogen and oxygen atoms in total. The van der Waals surface area contributed by atoms with Crippen LogP contribution in [0.4, 0.5) is 22.0 Å². The number of imidazole rings is 1. The Labute approximate surface area is 208 Å². The number of halogens is 5. The van der Waals surface area contributed by atoms with Crippen molar-refractivity contribution < 1.29 is 30.4 Å². The number of alkyl halides is 5. The van der Waals surface area contributed by atoms with Crippen molar-refractivity contribution in [2.24, 2.45) is 7.05 Å². The lowest BCUT2D eigenvalue weighted by Crippen LogP contribution is -2.33. The fourth-order valence-corrected chi connectivity index (χ4v) is 5.18. The highest BCUT2D eigenvalue weighted by molar-refractivity contribution is 7.91. The molecule has 0 aromatic carbocycles. The van der Waals surface area contributed by atoms with Gasteiger partial charge in [0.1, 0.15) is 11.2 Å². The van der Waals surface area contributed by atoms with Gasteiger partial charge in [0.2, 0.25) is 0 Å². The minimum atomic E-state index is -5.81. The Balaban J connectivity index is 1.68. The van der Waals surface area contributed by atoms with Gasteiger partial charge in [-0.1, -0.05) is 13.0 Å². The first-order valence-corrected chi connectivity index (χ1v) is 13.0. The van der Waals surface area contributed by atoms with Crippen LogP contribution in [-0.2, 0) is 22.8 Å². The molecule has 4 aromatic heterocycles. The molecule has 0 unspecified atom stereocenters. The highest BCUT2D eigenvalue weighted by Crippen LogP contribution is 2.45. The molecule has 4 aromatic rings. The fraction of sp³-hybridized carbons (Fsp3) is 0.333. The number of rotatable bonds is 6. The molecular weight excluding hydrogens is 517 g/mol. The van der Waals surface area contributed by atoms with Crippen molar-refractivity contribution >= 4 is 21.0 Å². The predicted octanol–water partition coefficient (Wildman–Crippen LogP) is 5.42. The minimum absolute atomic E-state index is 0.00859. The number of aryl methyl sites for hydroxylation is 1. The van der Waals surface area contributed by atoms with E-state index < -0.39 is 27.5 Å². The van der Waals surface area contributed by atoms with Gasteiger partial charge in [0, 0.05) is 42.7 Å². The van der Waals surface area contributed by atoms with Gasteiger partial charge in [0.15, 0.2) is 21.3 Å². The lowest BCUT2D eigenvalue weighted by molar-refractivity contribution is -0.289. The van der Waals surface area contributed by atoms with Crippen LogP contribution >= 0.6 is 0 Å². The summed E-state index contributed by atoms with van der Waals surface area (Å²) in [5.41, 5.74) is 0.441. The number of hydrogen-bond acceptors (Lipinski definition) is 6. The van der Waals surface area contributed by atoms with Gasteiger partial charge in [-0.15, -0.1) is 0 Å². The van der Waals surface area contributed by atoms with Crippen molar-refractivity contribution in [2.45, 2.75) is 42.7 Å². The lowest BCUT2D eigenvalue weighted by atomic mass is 10.0. The van der Waals surface area contributed by atoms with Crippen LogP contribution in [0.15, 0.2) is 47.8 Å². The first-order chi connectivity index (χ1) is 17.3. The molecule has 0 spiro atoms. The highest BCUT2D eigenvalue weighted by Gasteiger charge is 2.59. The van der Waals surface area contributed by atoms with E-state index in [2.05, 4.69) is 19.9 Å². The van der Waals surface area contributed by atoms with E-state index in [0.717, 1.165) is 24.1 Å². The number of fused-ring (bicyclic) bond motifs is 1. The molecule has 0 bridgehead atoms. The van der Waals surface area contributed by atoms with Gasteiger partial charge in [-0.25, -0.2) is 18.4 Å². The van der Waals surface area contributed by atoms with Gasteiger partial charge in [-0.2, -0.15) is 22.0 Å². The quantitative estimate of drug-likeness (QED) is 0.305. The van der Waals surface area contributed by atoms with Gasteiger partial charge in [0.25, 0.3) is 0 Å². The molecule has 0 aliphatic heterocycles. The summed E-state index contributed by atoms with van der Waals surface area (Å²) < 4.78 is 93.9. The third-order valence-corrected chi connectivity index (χ3v) is 8.06. The standard InChI is InChI=1S/C24H20F5N5O2S/c1-3-37(35,36)18-9-14(16-5-4-8-30-19(16)13-6-7-13)11-31-20(18)22-33-17-10-15(12-32-21(17)34(22)2)23(25,26)24(27,28)29/h4-5,8-13H,3,6-7H2,1-2H3. The Morgan fingerprint density at radius 3 is 2.43 bits per heavy atom. The largest absolute Gasteiger partial charge is 0.458 e. The second-order valence-corrected chi connectivity index (χ2v) is 11.1. The smallest absolute Gasteiger partial charge is 0.310 e. The number of nitrogens with zero attached hydrogens (tertiary/aromatic N) is 5. The van der Waals surface area contributed by atoms with E-state index in [9.17, 15) is 30.4 Å². The Hall–Kier alpha value is -3.48. The monoisotopic (exact) mass is 537 g/mol. The number of hydrogen-bond donors (Lipinski definition) is 0. The average Bonchev–Trinajstić information content (AvgIpc) is 3.66. The predicted molar refractivity (Wildman–Crippen MR) is 125 cm³/mol. The first kappa shape index (κ1) is 25.2. The maximum atomic E-state index is 13.9. The average molecular weight is 538 g/mol. The van der Waals surface area contributed by atoms with E-state index in [1.54, 1.807) is 12.3 Å². The lowest BCUT2D eigenvalue weighted by Gasteiger charge is -2.19. The Bertz CT molecular complexity index is 1630. The summed E-state index contributed by atoms with van der Waals surface area (Å²) in [5.74, 6) is -5.14. The van der Waals surface area contributed by atoms with Gasteiger partial charge in [-0.3, -0.25) is 9.97 Å². The first-order valence-electron chi connectivity index (χ1n) is 11.3. The van der Waals surface area contributed by atoms with Crippen LogP contribution in [0.3, 0.4) is 0 Å². The van der Waals surface area contributed by atoms with E-state index in [1.165, 1.54) is 30.8 Å². The van der Waals surface area contributed by atoms with Gasteiger partial charge >= 0.3 is 12.1 Å². The SMILES string of the molecule is CCS(=O)(=O)c1cc(-c2cccnc2C2CC2)cnc1-c1nc2cc(C(F)(F)C(F)(F)F)cnc2n1C. The Morgan fingerprint density at radius 1 is 1.05 bits per heavy atom. The van der Waals surface area contributed by atoms with Crippen molar-refractivity contribution in [3.63, 3.8) is 0 Å². The van der Waals surface area contributed by atoms with Crippen LogP contribution in [0.25, 0.3) is 33.8 Å². The van der Waals surface area contributed by atoms with Crippen molar-refractivity contribution in [1.29, 1.82) is 0 Å². The topological polar surface area (TPSA) is 90.6 Å². The van der Waals surface area contributed by atoms with Crippen LogP contribution in [0, 0.1) is 0 Å². The maximum absolute atomic E-state index is 13.9. The Morgan fingerprint density at radius 2 is 1.78 bits per heavy atom. The molecule has 37 heavy (non-hydrogen) atoms. The summed E-state index contributed by atoms with van der Waals surface area (Å²) in [6.07, 6.45) is -0.265. The number of pyridine rings is 3. The second-order valence-electron chi connectivity index (χ2n) is 8.82. The van der Waals surface area contributed by atoms with Crippen molar-refractivity contribution in [1.82, 2.24) is 24.5 Å². The van der Waals surface area contributed by atoms with Crippen LogP contribution in [0.2, 0.25) is 0 Å². The van der Waals surface area contributed by atoms with E-state index in [0.29, 0.717) is 17.8 Å². The van der Waals surface area contributed by atoms with E-state index >= 15 is 0 Å². The van der Waals surface area contributed by atoms with Crippen LogP contribution in [-0.4, -0.2) is 44.8 Å². The zero-order chi connectivity index (χ0) is 26.8. The minimum Gasteiger partial charge on any atom is -0.310 e. The summed E-state index contributed by atoms with van der Waals surface area (Å²) in [6.45, 7) is 1.47. The van der Waals surface area contributed by atoms with Crippen LogP contribution in [0.5, 0.6) is 0 Å². The molecular formula is C24H20F5N5O2S. The number of sulfone groups is 1. The summed E-state index contributed by atoms with van der Waals surface area (Å²) in [5, 5.41) is 0. The van der Waals surface area contributed by atoms with Gasteiger partial charge in [-0.05, 0) is 31.0 Å². The molecule has 13 heteroatoms. The number of aromatic nitrogens is 5. The Kier molecular flexibility index (Phi) is 5.81. The summed E-state index contributed by atoms with van der Waals surface area (Å²) in [7, 11) is -2.41. The van der Waals surface area contributed by atoms with Crippen molar-refractivity contribution in [3.8, 4) is 22.6 Å². The summed E-state index contributed by atoms with van der Waals surface area (Å²) in [6, 6.07) is 5.65.